The van der Waals surface area contributed by atoms with Crippen molar-refractivity contribution in [2.24, 2.45) is 0 Å². The summed E-state index contributed by atoms with van der Waals surface area (Å²) in [6, 6.07) is 19.2. The first-order valence-electron chi connectivity index (χ1n) is 8.84. The summed E-state index contributed by atoms with van der Waals surface area (Å²) >= 11 is 0. The van der Waals surface area contributed by atoms with Gasteiger partial charge in [0, 0.05) is 36.5 Å². The summed E-state index contributed by atoms with van der Waals surface area (Å²) < 4.78 is 5.85. The molecule has 4 rings (SSSR count). The molecule has 2 atom stereocenters. The van der Waals surface area contributed by atoms with Crippen LogP contribution >= 0.6 is 0 Å². The highest BCUT2D eigenvalue weighted by molar-refractivity contribution is 5.34. The van der Waals surface area contributed by atoms with Crippen LogP contribution in [0.25, 0.3) is 0 Å². The number of hydrogen-bond acceptors (Lipinski definition) is 5. The van der Waals surface area contributed by atoms with Crippen molar-refractivity contribution in [1.82, 2.24) is 15.3 Å². The minimum absolute atomic E-state index is 0.313. The Morgan fingerprint density at radius 3 is 2.42 bits per heavy atom. The Morgan fingerprint density at radius 2 is 1.69 bits per heavy atom. The number of nitrogens with one attached hydrogen (secondary N) is 1. The molecule has 26 heavy (non-hydrogen) atoms. The smallest absolute Gasteiger partial charge is 0.219 e. The molecule has 1 aliphatic carbocycles. The Morgan fingerprint density at radius 1 is 0.962 bits per heavy atom. The van der Waals surface area contributed by atoms with E-state index in [4.69, 9.17) is 10.5 Å². The summed E-state index contributed by atoms with van der Waals surface area (Å²) in [5, 5.41) is 3.55. The van der Waals surface area contributed by atoms with Crippen molar-refractivity contribution >= 4 is 5.95 Å². The molecule has 0 bridgehead atoms. The van der Waals surface area contributed by atoms with Crippen LogP contribution in [0.15, 0.2) is 67.0 Å². The third kappa shape index (κ3) is 4.18. The van der Waals surface area contributed by atoms with Crippen LogP contribution < -0.4 is 15.8 Å². The lowest BCUT2D eigenvalue weighted by atomic mass is 10.1. The van der Waals surface area contributed by atoms with E-state index in [9.17, 15) is 0 Å². The van der Waals surface area contributed by atoms with E-state index in [2.05, 4.69) is 51.7 Å². The molecule has 5 heteroatoms. The van der Waals surface area contributed by atoms with Crippen LogP contribution in [-0.2, 0) is 13.2 Å². The first kappa shape index (κ1) is 16.5. The van der Waals surface area contributed by atoms with Crippen LogP contribution in [0, 0.1) is 0 Å². The van der Waals surface area contributed by atoms with Crippen molar-refractivity contribution in [3.63, 3.8) is 0 Å². The molecule has 1 heterocycles. The highest BCUT2D eigenvalue weighted by Gasteiger charge is 2.37. The fourth-order valence-electron chi connectivity index (χ4n) is 3.05. The molecule has 2 unspecified atom stereocenters. The summed E-state index contributed by atoms with van der Waals surface area (Å²) in [6.45, 7) is 1.36. The molecule has 3 N–H and O–H groups in total. The molecule has 5 nitrogen and oxygen atoms in total. The average molecular weight is 346 g/mol. The standard InChI is InChI=1S/C21H22N4O/c22-21-24-12-16(13-25-21)11-23-20-10-19(20)17-6-8-18(9-7-17)26-14-15-4-2-1-3-5-15/h1-9,12-13,19-20,23H,10-11,14H2,(H2,22,24,25). The number of rotatable bonds is 7. The van der Waals surface area contributed by atoms with Gasteiger partial charge in [-0.05, 0) is 29.7 Å². The summed E-state index contributed by atoms with van der Waals surface area (Å²) in [5.41, 5.74) is 9.08. The SMILES string of the molecule is Nc1ncc(CNC2CC2c2ccc(OCc3ccccc3)cc2)cn1. The number of benzene rings is 2. The first-order valence-corrected chi connectivity index (χ1v) is 8.84. The summed E-state index contributed by atoms with van der Waals surface area (Å²) in [5.74, 6) is 1.78. The summed E-state index contributed by atoms with van der Waals surface area (Å²) in [4.78, 5) is 8.03. The molecular weight excluding hydrogens is 324 g/mol. The van der Waals surface area contributed by atoms with E-state index < -0.39 is 0 Å². The molecule has 0 radical (unpaired) electrons. The van der Waals surface area contributed by atoms with Gasteiger partial charge in [0.15, 0.2) is 0 Å². The number of ether oxygens (including phenoxy) is 1. The molecule has 1 aliphatic rings. The van der Waals surface area contributed by atoms with Crippen molar-refractivity contribution in [2.45, 2.75) is 31.5 Å². The van der Waals surface area contributed by atoms with Gasteiger partial charge in [-0.15, -0.1) is 0 Å². The highest BCUT2D eigenvalue weighted by Crippen LogP contribution is 2.41. The van der Waals surface area contributed by atoms with Crippen LogP contribution in [0.2, 0.25) is 0 Å². The van der Waals surface area contributed by atoms with Gasteiger partial charge in [-0.1, -0.05) is 42.5 Å². The third-order valence-electron chi connectivity index (χ3n) is 4.64. The zero-order valence-corrected chi connectivity index (χ0v) is 14.5. The summed E-state index contributed by atoms with van der Waals surface area (Å²) in [6.07, 6.45) is 4.69. The quantitative estimate of drug-likeness (QED) is 0.687. The minimum atomic E-state index is 0.313. The zero-order chi connectivity index (χ0) is 17.8. The normalized spacial score (nSPS) is 18.5. The van der Waals surface area contributed by atoms with Crippen molar-refractivity contribution in [2.75, 3.05) is 5.73 Å². The van der Waals surface area contributed by atoms with Gasteiger partial charge in [-0.25, -0.2) is 9.97 Å². The van der Waals surface area contributed by atoms with Crippen molar-refractivity contribution in [3.8, 4) is 5.75 Å². The molecule has 0 spiro atoms. The number of nitrogen functional groups attached to an aromatic ring is 1. The molecule has 0 amide bonds. The molecule has 132 valence electrons. The maximum atomic E-state index is 5.85. The number of nitrogens with zero attached hydrogens (tertiary/aromatic N) is 2. The topological polar surface area (TPSA) is 73.1 Å². The van der Waals surface area contributed by atoms with Gasteiger partial charge in [0.25, 0.3) is 0 Å². The van der Waals surface area contributed by atoms with Crippen LogP contribution in [-0.4, -0.2) is 16.0 Å². The molecular formula is C21H22N4O. The number of nitrogens with two attached hydrogens (primary N) is 1. The van der Waals surface area contributed by atoms with Crippen LogP contribution in [0.4, 0.5) is 5.95 Å². The number of hydrogen-bond donors (Lipinski definition) is 2. The summed E-state index contributed by atoms with van der Waals surface area (Å²) in [7, 11) is 0. The molecule has 1 aromatic heterocycles. The maximum absolute atomic E-state index is 5.85. The predicted octanol–water partition coefficient (Wildman–Crippen LogP) is 3.28. The van der Waals surface area contributed by atoms with Crippen LogP contribution in [0.3, 0.4) is 0 Å². The lowest BCUT2D eigenvalue weighted by Crippen LogP contribution is -2.17. The van der Waals surface area contributed by atoms with Crippen LogP contribution in [0.5, 0.6) is 5.75 Å². The molecule has 2 aromatic carbocycles. The zero-order valence-electron chi connectivity index (χ0n) is 14.5. The third-order valence-corrected chi connectivity index (χ3v) is 4.64. The van der Waals surface area contributed by atoms with E-state index in [1.165, 1.54) is 11.1 Å². The Labute approximate surface area is 153 Å². The van der Waals surface area contributed by atoms with Gasteiger partial charge in [-0.2, -0.15) is 0 Å². The molecule has 0 saturated heterocycles. The Hall–Kier alpha value is -2.92. The number of aromatic nitrogens is 2. The Bertz CT molecular complexity index is 834. The minimum Gasteiger partial charge on any atom is -0.489 e. The van der Waals surface area contributed by atoms with Gasteiger partial charge >= 0.3 is 0 Å². The lowest BCUT2D eigenvalue weighted by Gasteiger charge is -2.08. The van der Waals surface area contributed by atoms with E-state index in [0.717, 1.165) is 24.3 Å². The Balaban J connectivity index is 1.26. The van der Waals surface area contributed by atoms with E-state index in [1.807, 2.05) is 18.2 Å². The molecule has 3 aromatic rings. The fraction of sp³-hybridized carbons (Fsp3) is 0.238. The lowest BCUT2D eigenvalue weighted by molar-refractivity contribution is 0.306. The first-order chi connectivity index (χ1) is 12.8. The van der Waals surface area contributed by atoms with Gasteiger partial charge in [-0.3, -0.25) is 0 Å². The molecule has 1 fully saturated rings. The fourth-order valence-corrected chi connectivity index (χ4v) is 3.05. The second-order valence-electron chi connectivity index (χ2n) is 6.62. The number of anilines is 1. The average Bonchev–Trinajstić information content (AvgIpc) is 3.47. The van der Waals surface area contributed by atoms with E-state index in [1.54, 1.807) is 12.4 Å². The van der Waals surface area contributed by atoms with E-state index >= 15 is 0 Å². The predicted molar refractivity (Wildman–Crippen MR) is 102 cm³/mol. The largest absolute Gasteiger partial charge is 0.489 e. The van der Waals surface area contributed by atoms with Crippen LogP contribution in [0.1, 0.15) is 29.0 Å². The molecule has 0 aliphatic heterocycles. The maximum Gasteiger partial charge on any atom is 0.219 e. The highest BCUT2D eigenvalue weighted by atomic mass is 16.5. The van der Waals surface area contributed by atoms with Crippen molar-refractivity contribution in [3.05, 3.63) is 83.7 Å². The monoisotopic (exact) mass is 346 g/mol. The second kappa shape index (κ2) is 7.54. The Kier molecular flexibility index (Phi) is 4.80. The van der Waals surface area contributed by atoms with Gasteiger partial charge < -0.3 is 15.8 Å². The van der Waals surface area contributed by atoms with Gasteiger partial charge in [0.05, 0.1) is 0 Å². The van der Waals surface area contributed by atoms with Gasteiger partial charge in [0.2, 0.25) is 5.95 Å². The van der Waals surface area contributed by atoms with E-state index in [0.29, 0.717) is 24.5 Å². The second-order valence-corrected chi connectivity index (χ2v) is 6.62. The van der Waals surface area contributed by atoms with Crippen molar-refractivity contribution < 1.29 is 4.74 Å². The van der Waals surface area contributed by atoms with E-state index in [-0.39, 0.29) is 0 Å². The van der Waals surface area contributed by atoms with Crippen molar-refractivity contribution in [1.29, 1.82) is 0 Å². The molecule has 1 saturated carbocycles. The van der Waals surface area contributed by atoms with Gasteiger partial charge in [0.1, 0.15) is 12.4 Å².